The summed E-state index contributed by atoms with van der Waals surface area (Å²) in [7, 11) is 0. The van der Waals surface area contributed by atoms with Crippen molar-refractivity contribution in [2.24, 2.45) is 0 Å². The van der Waals surface area contributed by atoms with Crippen molar-refractivity contribution in [1.29, 1.82) is 0 Å². The zero-order valence-corrected chi connectivity index (χ0v) is 8.82. The number of benzene rings is 1. The standard InChI is InChI=1S/C10H9BrN2/c1-8-3-4-10(9(11)7-8)13-6-2-5-12-13/h2-7H,1H3. The van der Waals surface area contributed by atoms with Crippen LogP contribution in [0, 0.1) is 6.92 Å². The van der Waals surface area contributed by atoms with Gasteiger partial charge in [-0.15, -0.1) is 0 Å². The van der Waals surface area contributed by atoms with Crippen molar-refractivity contribution >= 4 is 15.9 Å². The first-order chi connectivity index (χ1) is 6.27. The van der Waals surface area contributed by atoms with Crippen LogP contribution in [-0.2, 0) is 0 Å². The first-order valence-electron chi connectivity index (χ1n) is 4.03. The van der Waals surface area contributed by atoms with Gasteiger partial charge in [0.25, 0.3) is 0 Å². The van der Waals surface area contributed by atoms with E-state index < -0.39 is 0 Å². The largest absolute Gasteiger partial charge is 0.240 e. The lowest BCUT2D eigenvalue weighted by Gasteiger charge is -2.04. The third kappa shape index (κ3) is 1.65. The molecule has 3 heteroatoms. The Labute approximate surface area is 85.3 Å². The summed E-state index contributed by atoms with van der Waals surface area (Å²) >= 11 is 3.51. The summed E-state index contributed by atoms with van der Waals surface area (Å²) in [6.07, 6.45) is 3.70. The molecule has 0 aliphatic carbocycles. The van der Waals surface area contributed by atoms with E-state index >= 15 is 0 Å². The van der Waals surface area contributed by atoms with Crippen LogP contribution in [0.4, 0.5) is 0 Å². The summed E-state index contributed by atoms with van der Waals surface area (Å²) in [4.78, 5) is 0. The molecule has 2 rings (SSSR count). The average molecular weight is 237 g/mol. The van der Waals surface area contributed by atoms with Gasteiger partial charge in [-0.3, -0.25) is 0 Å². The maximum atomic E-state index is 4.16. The quantitative estimate of drug-likeness (QED) is 0.745. The normalized spacial score (nSPS) is 10.3. The summed E-state index contributed by atoms with van der Waals surface area (Å²) in [5.74, 6) is 0. The molecule has 1 aromatic carbocycles. The van der Waals surface area contributed by atoms with Gasteiger partial charge in [-0.1, -0.05) is 6.07 Å². The molecule has 66 valence electrons. The fourth-order valence-corrected chi connectivity index (χ4v) is 1.88. The highest BCUT2D eigenvalue weighted by Gasteiger charge is 2.01. The van der Waals surface area contributed by atoms with E-state index in [0.29, 0.717) is 0 Å². The summed E-state index contributed by atoms with van der Waals surface area (Å²) in [6.45, 7) is 2.07. The number of aryl methyl sites for hydroxylation is 1. The van der Waals surface area contributed by atoms with Gasteiger partial charge in [0.1, 0.15) is 0 Å². The monoisotopic (exact) mass is 236 g/mol. The summed E-state index contributed by atoms with van der Waals surface area (Å²) in [6, 6.07) is 8.11. The number of rotatable bonds is 1. The van der Waals surface area contributed by atoms with Gasteiger partial charge in [0.05, 0.1) is 5.69 Å². The maximum absolute atomic E-state index is 4.16. The van der Waals surface area contributed by atoms with Crippen molar-refractivity contribution in [3.63, 3.8) is 0 Å². The molecule has 1 heterocycles. The van der Waals surface area contributed by atoms with Gasteiger partial charge in [-0.25, -0.2) is 4.68 Å². The van der Waals surface area contributed by atoms with Crippen molar-refractivity contribution in [1.82, 2.24) is 9.78 Å². The molecule has 13 heavy (non-hydrogen) atoms. The molecule has 0 N–H and O–H groups in total. The molecule has 1 aromatic heterocycles. The average Bonchev–Trinajstić information content (AvgIpc) is 2.56. The minimum atomic E-state index is 1.07. The molecule has 0 radical (unpaired) electrons. The molecular formula is C10H9BrN2. The van der Waals surface area contributed by atoms with Gasteiger partial charge in [-0.05, 0) is 46.6 Å². The zero-order valence-electron chi connectivity index (χ0n) is 7.24. The second kappa shape index (κ2) is 3.34. The Balaban J connectivity index is 2.53. The van der Waals surface area contributed by atoms with Crippen molar-refractivity contribution in [3.05, 3.63) is 46.7 Å². The minimum absolute atomic E-state index is 1.07. The first-order valence-corrected chi connectivity index (χ1v) is 4.83. The van der Waals surface area contributed by atoms with Crippen LogP contribution in [0.15, 0.2) is 41.1 Å². The van der Waals surface area contributed by atoms with Gasteiger partial charge in [0.15, 0.2) is 0 Å². The molecule has 0 saturated carbocycles. The number of hydrogen-bond acceptors (Lipinski definition) is 1. The molecule has 0 amide bonds. The molecule has 0 fully saturated rings. The van der Waals surface area contributed by atoms with Gasteiger partial charge in [0, 0.05) is 16.9 Å². The van der Waals surface area contributed by atoms with E-state index in [2.05, 4.69) is 40.1 Å². The minimum Gasteiger partial charge on any atom is -0.240 e. The van der Waals surface area contributed by atoms with Crippen LogP contribution < -0.4 is 0 Å². The summed E-state index contributed by atoms with van der Waals surface area (Å²) in [5, 5.41) is 4.16. The SMILES string of the molecule is Cc1ccc(-n2cccn2)c(Br)c1. The second-order valence-corrected chi connectivity index (χ2v) is 3.76. The topological polar surface area (TPSA) is 17.8 Å². The molecule has 0 spiro atoms. The third-order valence-electron chi connectivity index (χ3n) is 1.85. The van der Waals surface area contributed by atoms with E-state index in [1.165, 1.54) is 5.56 Å². The Morgan fingerprint density at radius 1 is 1.38 bits per heavy atom. The van der Waals surface area contributed by atoms with Crippen LogP contribution in [0.3, 0.4) is 0 Å². The van der Waals surface area contributed by atoms with E-state index in [1.807, 2.05) is 23.0 Å². The number of halogens is 1. The van der Waals surface area contributed by atoms with Crippen molar-refractivity contribution in [2.45, 2.75) is 6.92 Å². The van der Waals surface area contributed by atoms with Crippen LogP contribution in [0.5, 0.6) is 0 Å². The Morgan fingerprint density at radius 2 is 2.23 bits per heavy atom. The number of hydrogen-bond donors (Lipinski definition) is 0. The van der Waals surface area contributed by atoms with Gasteiger partial charge in [0.2, 0.25) is 0 Å². The zero-order chi connectivity index (χ0) is 9.26. The smallest absolute Gasteiger partial charge is 0.0787 e. The third-order valence-corrected chi connectivity index (χ3v) is 2.49. The number of aromatic nitrogens is 2. The highest BCUT2D eigenvalue weighted by atomic mass is 79.9. The Kier molecular flexibility index (Phi) is 2.19. The fraction of sp³-hybridized carbons (Fsp3) is 0.100. The summed E-state index contributed by atoms with van der Waals surface area (Å²) < 4.78 is 2.90. The molecule has 0 saturated heterocycles. The lowest BCUT2D eigenvalue weighted by Crippen LogP contribution is -1.95. The van der Waals surface area contributed by atoms with Crippen molar-refractivity contribution < 1.29 is 0 Å². The molecular weight excluding hydrogens is 228 g/mol. The highest BCUT2D eigenvalue weighted by molar-refractivity contribution is 9.10. The van der Waals surface area contributed by atoms with Crippen LogP contribution in [-0.4, -0.2) is 9.78 Å². The van der Waals surface area contributed by atoms with Gasteiger partial charge >= 0.3 is 0 Å². The van der Waals surface area contributed by atoms with E-state index in [0.717, 1.165) is 10.2 Å². The van der Waals surface area contributed by atoms with E-state index in [9.17, 15) is 0 Å². The predicted octanol–water partition coefficient (Wildman–Crippen LogP) is 2.94. The van der Waals surface area contributed by atoms with E-state index in [1.54, 1.807) is 6.20 Å². The van der Waals surface area contributed by atoms with Crippen LogP contribution >= 0.6 is 15.9 Å². The molecule has 0 aliphatic heterocycles. The highest BCUT2D eigenvalue weighted by Crippen LogP contribution is 2.21. The van der Waals surface area contributed by atoms with E-state index in [-0.39, 0.29) is 0 Å². The second-order valence-electron chi connectivity index (χ2n) is 2.91. The van der Waals surface area contributed by atoms with Crippen LogP contribution in [0.2, 0.25) is 0 Å². The molecule has 0 atom stereocenters. The van der Waals surface area contributed by atoms with Gasteiger partial charge < -0.3 is 0 Å². The van der Waals surface area contributed by atoms with Crippen LogP contribution in [0.25, 0.3) is 5.69 Å². The number of nitrogens with zero attached hydrogens (tertiary/aromatic N) is 2. The van der Waals surface area contributed by atoms with Crippen molar-refractivity contribution in [3.8, 4) is 5.69 Å². The first kappa shape index (κ1) is 8.51. The summed E-state index contributed by atoms with van der Waals surface area (Å²) in [5.41, 5.74) is 2.30. The molecule has 0 unspecified atom stereocenters. The lowest BCUT2D eigenvalue weighted by molar-refractivity contribution is 0.875. The molecule has 0 aliphatic rings. The Morgan fingerprint density at radius 3 is 2.85 bits per heavy atom. The lowest BCUT2D eigenvalue weighted by atomic mass is 10.2. The van der Waals surface area contributed by atoms with Gasteiger partial charge in [-0.2, -0.15) is 5.10 Å². The maximum Gasteiger partial charge on any atom is 0.0787 e. The fourth-order valence-electron chi connectivity index (χ4n) is 1.21. The Bertz CT molecular complexity index is 407. The van der Waals surface area contributed by atoms with Crippen LogP contribution in [0.1, 0.15) is 5.56 Å². The predicted molar refractivity (Wildman–Crippen MR) is 56.0 cm³/mol. The molecule has 2 aromatic rings. The van der Waals surface area contributed by atoms with E-state index in [4.69, 9.17) is 0 Å². The molecule has 2 nitrogen and oxygen atoms in total. The van der Waals surface area contributed by atoms with Crippen molar-refractivity contribution in [2.75, 3.05) is 0 Å². The Hall–Kier alpha value is -1.09. The molecule has 0 bridgehead atoms.